The first-order valence-electron chi connectivity index (χ1n) is 6.06. The van der Waals surface area contributed by atoms with Gasteiger partial charge in [0.1, 0.15) is 5.15 Å². The topological polar surface area (TPSA) is 66.7 Å². The van der Waals surface area contributed by atoms with Gasteiger partial charge in [0.2, 0.25) is 5.95 Å². The van der Waals surface area contributed by atoms with Crippen LogP contribution in [-0.2, 0) is 13.0 Å². The summed E-state index contributed by atoms with van der Waals surface area (Å²) in [5.41, 5.74) is 3.22. The summed E-state index contributed by atoms with van der Waals surface area (Å²) in [6.07, 6.45) is 0.711. The number of aliphatic hydroxyl groups is 1. The summed E-state index contributed by atoms with van der Waals surface area (Å²) in [5.74, 6) is 0.556. The van der Waals surface area contributed by atoms with Crippen LogP contribution in [0.3, 0.4) is 0 Å². The van der Waals surface area contributed by atoms with Crippen LogP contribution in [-0.4, -0.2) is 24.9 Å². The van der Waals surface area contributed by atoms with E-state index in [0.29, 0.717) is 23.1 Å². The van der Waals surface area contributed by atoms with Crippen molar-refractivity contribution in [1.82, 2.24) is 19.7 Å². The van der Waals surface area contributed by atoms with Crippen molar-refractivity contribution in [3.8, 4) is 5.95 Å². The first kappa shape index (κ1) is 12.2. The predicted octanol–water partition coefficient (Wildman–Crippen LogP) is 2.46. The van der Waals surface area contributed by atoms with Gasteiger partial charge in [-0.15, -0.1) is 0 Å². The largest absolute Gasteiger partial charge is 0.391 e. The van der Waals surface area contributed by atoms with Crippen molar-refractivity contribution in [3.63, 3.8) is 0 Å². The normalized spacial score (nSPS) is 11.3. The van der Waals surface area contributed by atoms with Gasteiger partial charge in [0.05, 0.1) is 23.3 Å². The molecule has 2 aromatic heterocycles. The summed E-state index contributed by atoms with van der Waals surface area (Å²) >= 11 is 6.25. The maximum Gasteiger partial charge on any atom is 0.230 e. The monoisotopic (exact) mass is 276 g/mol. The third-order valence-corrected chi connectivity index (χ3v) is 3.46. The van der Waals surface area contributed by atoms with Crippen LogP contribution in [0.25, 0.3) is 17.0 Å². The lowest BCUT2D eigenvalue weighted by Gasteiger charge is -1.97. The van der Waals surface area contributed by atoms with E-state index >= 15 is 0 Å². The molecule has 0 aliphatic carbocycles. The summed E-state index contributed by atoms with van der Waals surface area (Å²) in [4.78, 5) is 7.61. The lowest BCUT2D eigenvalue weighted by atomic mass is 10.2. The van der Waals surface area contributed by atoms with Crippen molar-refractivity contribution in [1.29, 1.82) is 0 Å². The van der Waals surface area contributed by atoms with Gasteiger partial charge in [-0.3, -0.25) is 0 Å². The van der Waals surface area contributed by atoms with E-state index in [4.69, 9.17) is 11.6 Å². The number of benzene rings is 1. The molecule has 1 aromatic carbocycles. The molecule has 0 atom stereocenters. The van der Waals surface area contributed by atoms with E-state index in [2.05, 4.69) is 15.1 Å². The van der Waals surface area contributed by atoms with E-state index in [1.807, 2.05) is 31.2 Å². The summed E-state index contributed by atoms with van der Waals surface area (Å²) in [6, 6.07) is 7.72. The molecule has 0 radical (unpaired) electrons. The molecule has 0 saturated carbocycles. The first-order chi connectivity index (χ1) is 9.24. The van der Waals surface area contributed by atoms with Gasteiger partial charge in [-0.25, -0.2) is 4.98 Å². The predicted molar refractivity (Wildman–Crippen MR) is 73.5 cm³/mol. The van der Waals surface area contributed by atoms with Crippen LogP contribution in [0.5, 0.6) is 0 Å². The number of imidazole rings is 1. The number of para-hydroxylation sites is 2. The molecule has 5 nitrogen and oxygen atoms in total. The number of aliphatic hydroxyl groups excluding tert-OH is 1. The first-order valence-corrected chi connectivity index (χ1v) is 6.44. The highest BCUT2D eigenvalue weighted by Crippen LogP contribution is 2.24. The van der Waals surface area contributed by atoms with Gasteiger partial charge >= 0.3 is 0 Å². The number of aromatic amines is 1. The average molecular weight is 277 g/mol. The van der Waals surface area contributed by atoms with Gasteiger partial charge in [-0.2, -0.15) is 9.78 Å². The van der Waals surface area contributed by atoms with Crippen LogP contribution < -0.4 is 0 Å². The maximum atomic E-state index is 9.36. The number of hydrogen-bond donors (Lipinski definition) is 2. The standard InChI is InChI=1S/C13H13ClN4O/c1-2-9-8(7-19)12(14)18(17-9)13-15-10-5-3-4-6-11(10)16-13/h3-6,19H,2,7H2,1H3,(H,15,16). The molecule has 0 aliphatic heterocycles. The Morgan fingerprint density at radius 1 is 1.37 bits per heavy atom. The van der Waals surface area contributed by atoms with Gasteiger partial charge in [0.15, 0.2) is 0 Å². The molecule has 6 heteroatoms. The van der Waals surface area contributed by atoms with Crippen LogP contribution in [0.1, 0.15) is 18.2 Å². The van der Waals surface area contributed by atoms with Crippen molar-refractivity contribution in [2.45, 2.75) is 20.0 Å². The molecule has 0 unspecified atom stereocenters. The molecule has 3 aromatic rings. The molecule has 0 aliphatic rings. The molecule has 2 N–H and O–H groups in total. The molecule has 0 spiro atoms. The van der Waals surface area contributed by atoms with Gasteiger partial charge in [-0.1, -0.05) is 30.7 Å². The minimum atomic E-state index is -0.123. The number of nitrogens with zero attached hydrogens (tertiary/aromatic N) is 3. The fraction of sp³-hybridized carbons (Fsp3) is 0.231. The Hall–Kier alpha value is -1.85. The van der Waals surface area contributed by atoms with Crippen LogP contribution in [0, 0.1) is 0 Å². The van der Waals surface area contributed by atoms with Crippen molar-refractivity contribution < 1.29 is 5.11 Å². The van der Waals surface area contributed by atoms with Gasteiger partial charge < -0.3 is 10.1 Å². The SMILES string of the molecule is CCc1nn(-c2nc3ccccc3[nH]2)c(Cl)c1CO. The number of fused-ring (bicyclic) bond motifs is 1. The molecular weight excluding hydrogens is 264 g/mol. The molecule has 0 saturated heterocycles. The third-order valence-electron chi connectivity index (χ3n) is 3.07. The number of halogens is 1. The molecule has 0 fully saturated rings. The Balaban J connectivity index is 2.18. The van der Waals surface area contributed by atoms with Gasteiger partial charge in [0.25, 0.3) is 0 Å². The molecule has 2 heterocycles. The minimum Gasteiger partial charge on any atom is -0.391 e. The Morgan fingerprint density at radius 2 is 2.16 bits per heavy atom. The Kier molecular flexibility index (Phi) is 3.00. The lowest BCUT2D eigenvalue weighted by molar-refractivity contribution is 0.281. The number of nitrogens with one attached hydrogen (secondary N) is 1. The van der Waals surface area contributed by atoms with Crippen LogP contribution in [0.4, 0.5) is 0 Å². The smallest absolute Gasteiger partial charge is 0.230 e. The summed E-state index contributed by atoms with van der Waals surface area (Å²) in [6.45, 7) is 1.85. The highest BCUT2D eigenvalue weighted by atomic mass is 35.5. The van der Waals surface area contributed by atoms with E-state index in [9.17, 15) is 5.11 Å². The summed E-state index contributed by atoms with van der Waals surface area (Å²) in [5, 5.41) is 14.2. The number of rotatable bonds is 3. The fourth-order valence-electron chi connectivity index (χ4n) is 2.09. The second kappa shape index (κ2) is 4.68. The molecular formula is C13H13ClN4O. The fourth-order valence-corrected chi connectivity index (χ4v) is 2.38. The zero-order chi connectivity index (χ0) is 13.4. The zero-order valence-electron chi connectivity index (χ0n) is 10.4. The van der Waals surface area contributed by atoms with Crippen molar-refractivity contribution in [3.05, 3.63) is 40.7 Å². The van der Waals surface area contributed by atoms with Crippen molar-refractivity contribution >= 4 is 22.6 Å². The quantitative estimate of drug-likeness (QED) is 0.772. The Morgan fingerprint density at radius 3 is 2.79 bits per heavy atom. The van der Waals surface area contributed by atoms with Crippen LogP contribution >= 0.6 is 11.6 Å². The van der Waals surface area contributed by atoms with E-state index < -0.39 is 0 Å². The molecule has 98 valence electrons. The van der Waals surface area contributed by atoms with Crippen molar-refractivity contribution in [2.75, 3.05) is 0 Å². The second-order valence-electron chi connectivity index (χ2n) is 4.22. The van der Waals surface area contributed by atoms with Crippen molar-refractivity contribution in [2.24, 2.45) is 0 Å². The second-order valence-corrected chi connectivity index (χ2v) is 4.58. The lowest BCUT2D eigenvalue weighted by Crippen LogP contribution is -1.99. The molecule has 0 amide bonds. The maximum absolute atomic E-state index is 9.36. The Labute approximate surface area is 114 Å². The van der Waals surface area contributed by atoms with Crippen LogP contribution in [0.15, 0.2) is 24.3 Å². The summed E-state index contributed by atoms with van der Waals surface area (Å²) < 4.78 is 1.53. The summed E-state index contributed by atoms with van der Waals surface area (Å²) in [7, 11) is 0. The third kappa shape index (κ3) is 1.91. The molecule has 19 heavy (non-hydrogen) atoms. The minimum absolute atomic E-state index is 0.123. The number of hydrogen-bond acceptors (Lipinski definition) is 3. The van der Waals surface area contributed by atoms with E-state index in [0.717, 1.165) is 16.7 Å². The Bertz CT molecular complexity index is 698. The highest BCUT2D eigenvalue weighted by molar-refractivity contribution is 6.30. The highest BCUT2D eigenvalue weighted by Gasteiger charge is 2.17. The van der Waals surface area contributed by atoms with Gasteiger partial charge in [0, 0.05) is 5.56 Å². The van der Waals surface area contributed by atoms with Gasteiger partial charge in [-0.05, 0) is 18.6 Å². The zero-order valence-corrected chi connectivity index (χ0v) is 11.1. The van der Waals surface area contributed by atoms with Crippen LogP contribution in [0.2, 0.25) is 5.15 Å². The number of aromatic nitrogens is 4. The molecule has 3 rings (SSSR count). The number of H-pyrrole nitrogens is 1. The molecule has 0 bridgehead atoms. The van der Waals surface area contributed by atoms with E-state index in [1.54, 1.807) is 0 Å². The average Bonchev–Trinajstić information content (AvgIpc) is 2.98. The number of aryl methyl sites for hydroxylation is 1. The van der Waals surface area contributed by atoms with E-state index in [-0.39, 0.29) is 6.61 Å². The van der Waals surface area contributed by atoms with E-state index in [1.165, 1.54) is 4.68 Å².